The second-order valence-corrected chi connectivity index (χ2v) is 7.94. The Morgan fingerprint density at radius 1 is 1.28 bits per heavy atom. The van der Waals surface area contributed by atoms with E-state index >= 15 is 0 Å². The number of rotatable bonds is 4. The molecule has 2 heterocycles. The van der Waals surface area contributed by atoms with Gasteiger partial charge in [0.15, 0.2) is 0 Å². The van der Waals surface area contributed by atoms with Gasteiger partial charge in [-0.15, -0.1) is 11.3 Å². The van der Waals surface area contributed by atoms with Crippen molar-refractivity contribution in [3.63, 3.8) is 0 Å². The van der Waals surface area contributed by atoms with Gasteiger partial charge in [0.1, 0.15) is 10.7 Å². The number of H-pyrrole nitrogens is 1. The van der Waals surface area contributed by atoms with E-state index in [1.165, 1.54) is 27.3 Å². The number of anilines is 1. The van der Waals surface area contributed by atoms with Crippen molar-refractivity contribution in [2.24, 2.45) is 0 Å². The summed E-state index contributed by atoms with van der Waals surface area (Å²) in [5, 5.41) is 0.829. The molecule has 5 heteroatoms. The molecule has 0 spiro atoms. The Morgan fingerprint density at radius 3 is 2.88 bits per heavy atom. The second-order valence-electron chi connectivity index (χ2n) is 6.85. The highest BCUT2D eigenvalue weighted by Gasteiger charge is 2.21. The van der Waals surface area contributed by atoms with Crippen LogP contribution in [0.3, 0.4) is 0 Å². The molecule has 0 saturated heterocycles. The summed E-state index contributed by atoms with van der Waals surface area (Å²) in [4.78, 5) is 25.0. The molecule has 4 nitrogen and oxygen atoms in total. The van der Waals surface area contributed by atoms with Gasteiger partial charge in [-0.3, -0.25) is 4.79 Å². The zero-order chi connectivity index (χ0) is 17.6. The monoisotopic (exact) mass is 353 g/mol. The molecule has 1 N–H and O–H groups in total. The number of benzene rings is 1. The van der Waals surface area contributed by atoms with E-state index < -0.39 is 0 Å². The van der Waals surface area contributed by atoms with Gasteiger partial charge in [0, 0.05) is 17.1 Å². The highest BCUT2D eigenvalue weighted by molar-refractivity contribution is 7.18. The van der Waals surface area contributed by atoms with Crippen LogP contribution < -0.4 is 10.5 Å². The third-order valence-electron chi connectivity index (χ3n) is 5.04. The molecule has 0 bridgehead atoms. The molecule has 1 aliphatic carbocycles. The van der Waals surface area contributed by atoms with E-state index in [0.717, 1.165) is 41.8 Å². The van der Waals surface area contributed by atoms with Crippen LogP contribution in [0.2, 0.25) is 0 Å². The molecule has 25 heavy (non-hydrogen) atoms. The van der Waals surface area contributed by atoms with Gasteiger partial charge < -0.3 is 9.88 Å². The molecule has 0 atom stereocenters. The second kappa shape index (κ2) is 6.30. The summed E-state index contributed by atoms with van der Waals surface area (Å²) in [5.41, 5.74) is 4.97. The lowest BCUT2D eigenvalue weighted by atomic mass is 10.1. The fraction of sp³-hybridized carbons (Fsp3) is 0.400. The fourth-order valence-electron chi connectivity index (χ4n) is 3.83. The standard InChI is InChI=1S/C20H23N3OS/c1-4-23(15-9-8-12(2)10-13(15)3)11-17-21-19(24)18-14-6-5-7-16(14)25-20(18)22-17/h8-10H,4-7,11H2,1-3H3,(H,21,22,24). The molecule has 0 radical (unpaired) electrons. The number of aromatic nitrogens is 2. The van der Waals surface area contributed by atoms with Crippen LogP contribution in [0, 0.1) is 13.8 Å². The van der Waals surface area contributed by atoms with E-state index in [2.05, 4.69) is 48.9 Å². The molecule has 1 aliphatic rings. The van der Waals surface area contributed by atoms with Crippen LogP contribution >= 0.6 is 11.3 Å². The summed E-state index contributed by atoms with van der Waals surface area (Å²) in [7, 11) is 0. The first-order chi connectivity index (χ1) is 12.1. The van der Waals surface area contributed by atoms with Crippen molar-refractivity contribution in [1.82, 2.24) is 9.97 Å². The highest BCUT2D eigenvalue weighted by Crippen LogP contribution is 2.34. The van der Waals surface area contributed by atoms with Gasteiger partial charge in [0.25, 0.3) is 5.56 Å². The van der Waals surface area contributed by atoms with Crippen LogP contribution in [-0.2, 0) is 19.4 Å². The van der Waals surface area contributed by atoms with Crippen molar-refractivity contribution in [3.8, 4) is 0 Å². The number of hydrogen-bond acceptors (Lipinski definition) is 4. The number of thiophene rings is 1. The molecule has 4 rings (SSSR count). The number of hydrogen-bond donors (Lipinski definition) is 1. The lowest BCUT2D eigenvalue weighted by Gasteiger charge is -2.24. The minimum atomic E-state index is 0.0241. The maximum atomic E-state index is 12.6. The van der Waals surface area contributed by atoms with Gasteiger partial charge in [-0.25, -0.2) is 4.98 Å². The van der Waals surface area contributed by atoms with Crippen molar-refractivity contribution in [3.05, 3.63) is 55.9 Å². The molecular formula is C20H23N3OS. The first kappa shape index (κ1) is 16.3. The summed E-state index contributed by atoms with van der Waals surface area (Å²) in [5.74, 6) is 0.749. The molecule has 0 amide bonds. The van der Waals surface area contributed by atoms with Crippen molar-refractivity contribution in [2.45, 2.75) is 46.6 Å². The number of nitrogens with zero attached hydrogens (tertiary/aromatic N) is 2. The Hall–Kier alpha value is -2.14. The lowest BCUT2D eigenvalue weighted by Crippen LogP contribution is -2.26. The third-order valence-corrected chi connectivity index (χ3v) is 6.23. The summed E-state index contributed by atoms with van der Waals surface area (Å²) in [6.45, 7) is 7.86. The number of fused-ring (bicyclic) bond motifs is 3. The van der Waals surface area contributed by atoms with Crippen LogP contribution in [0.5, 0.6) is 0 Å². The fourth-order valence-corrected chi connectivity index (χ4v) is 5.11. The van der Waals surface area contributed by atoms with Crippen molar-refractivity contribution < 1.29 is 0 Å². The number of aromatic amines is 1. The molecule has 0 saturated carbocycles. The van der Waals surface area contributed by atoms with Crippen LogP contribution in [0.25, 0.3) is 10.2 Å². The smallest absolute Gasteiger partial charge is 0.259 e. The van der Waals surface area contributed by atoms with Crippen molar-refractivity contribution in [1.29, 1.82) is 0 Å². The van der Waals surface area contributed by atoms with Crippen molar-refractivity contribution >= 4 is 27.2 Å². The van der Waals surface area contributed by atoms with E-state index in [9.17, 15) is 4.79 Å². The molecule has 0 unspecified atom stereocenters. The average Bonchev–Trinajstić information content (AvgIpc) is 3.13. The predicted octanol–water partition coefficient (Wildman–Crippen LogP) is 4.12. The third kappa shape index (κ3) is 2.86. The molecular weight excluding hydrogens is 330 g/mol. The molecule has 1 aromatic carbocycles. The number of aryl methyl sites for hydroxylation is 4. The molecule has 0 fully saturated rings. The summed E-state index contributed by atoms with van der Waals surface area (Å²) >= 11 is 1.70. The van der Waals surface area contributed by atoms with Crippen LogP contribution in [-0.4, -0.2) is 16.5 Å². The zero-order valence-corrected chi connectivity index (χ0v) is 15.8. The molecule has 130 valence electrons. The SMILES string of the molecule is CCN(Cc1nc2sc3c(c2c(=O)[nH]1)CCC3)c1ccc(C)cc1C. The number of nitrogens with one attached hydrogen (secondary N) is 1. The first-order valence-corrected chi connectivity index (χ1v) is 9.74. The maximum absolute atomic E-state index is 12.6. The van der Waals surface area contributed by atoms with Crippen LogP contribution in [0.15, 0.2) is 23.0 Å². The topological polar surface area (TPSA) is 49.0 Å². The van der Waals surface area contributed by atoms with E-state index in [0.29, 0.717) is 6.54 Å². The quantitative estimate of drug-likeness (QED) is 0.768. The highest BCUT2D eigenvalue weighted by atomic mass is 32.1. The summed E-state index contributed by atoms with van der Waals surface area (Å²) < 4.78 is 0. The lowest BCUT2D eigenvalue weighted by molar-refractivity contribution is 0.779. The van der Waals surface area contributed by atoms with Crippen molar-refractivity contribution in [2.75, 3.05) is 11.4 Å². The summed E-state index contributed by atoms with van der Waals surface area (Å²) in [6, 6.07) is 6.49. The Bertz CT molecular complexity index is 1000. The minimum Gasteiger partial charge on any atom is -0.364 e. The average molecular weight is 353 g/mol. The van der Waals surface area contributed by atoms with E-state index in [1.807, 2.05) is 0 Å². The van der Waals surface area contributed by atoms with Gasteiger partial charge in [-0.1, -0.05) is 17.7 Å². The molecule has 3 aromatic rings. The Kier molecular flexibility index (Phi) is 4.12. The van der Waals surface area contributed by atoms with Gasteiger partial charge in [0.2, 0.25) is 0 Å². The molecule has 0 aliphatic heterocycles. The van der Waals surface area contributed by atoms with E-state index in [-0.39, 0.29) is 5.56 Å². The molecule has 2 aromatic heterocycles. The Balaban J connectivity index is 1.70. The zero-order valence-electron chi connectivity index (χ0n) is 15.0. The van der Waals surface area contributed by atoms with Gasteiger partial charge >= 0.3 is 0 Å². The first-order valence-electron chi connectivity index (χ1n) is 8.92. The minimum absolute atomic E-state index is 0.0241. The predicted molar refractivity (Wildman–Crippen MR) is 105 cm³/mol. The van der Waals surface area contributed by atoms with Gasteiger partial charge in [-0.2, -0.15) is 0 Å². The largest absolute Gasteiger partial charge is 0.364 e. The van der Waals surface area contributed by atoms with E-state index in [1.54, 1.807) is 11.3 Å². The normalized spacial score (nSPS) is 13.4. The maximum Gasteiger partial charge on any atom is 0.259 e. The van der Waals surface area contributed by atoms with E-state index in [4.69, 9.17) is 4.98 Å². The Labute approximate surface area is 151 Å². The summed E-state index contributed by atoms with van der Waals surface area (Å²) in [6.07, 6.45) is 3.27. The Morgan fingerprint density at radius 2 is 2.12 bits per heavy atom. The van der Waals surface area contributed by atoms with Gasteiger partial charge in [-0.05, 0) is 57.2 Å². The van der Waals surface area contributed by atoms with Gasteiger partial charge in [0.05, 0.1) is 11.9 Å². The van der Waals surface area contributed by atoms with Crippen LogP contribution in [0.1, 0.15) is 40.7 Å². The van der Waals surface area contributed by atoms with Crippen LogP contribution in [0.4, 0.5) is 5.69 Å².